The number of fused-ring (bicyclic) bond motifs is 2. The van der Waals surface area contributed by atoms with Crippen LogP contribution < -0.4 is 14.2 Å². The van der Waals surface area contributed by atoms with E-state index in [1.807, 2.05) is 60.7 Å². The standard InChI is InChI=1S/C28H24N2O5/c1-33-26-22(13-6-16-29-26)20-11-5-12-21-23(27(30-25(20)21)35-28(31)32)14-7-17-34-24-15-4-9-18-8-2-3-10-19(18)24/h2-6,8-13,15-16,30H,7,14,17H2,1H3,(H,31,32). The van der Waals surface area contributed by atoms with Gasteiger partial charge in [-0.15, -0.1) is 0 Å². The molecule has 2 heterocycles. The maximum absolute atomic E-state index is 11.4. The first-order valence-corrected chi connectivity index (χ1v) is 11.3. The topological polar surface area (TPSA) is 93.7 Å². The molecule has 5 aromatic rings. The molecule has 176 valence electrons. The Hall–Kier alpha value is -4.52. The number of pyridine rings is 1. The van der Waals surface area contributed by atoms with Gasteiger partial charge in [-0.2, -0.15) is 0 Å². The fraction of sp³-hybridized carbons (Fsp3) is 0.143. The molecule has 0 fully saturated rings. The lowest BCUT2D eigenvalue weighted by Gasteiger charge is -2.10. The van der Waals surface area contributed by atoms with Crippen LogP contribution in [0.25, 0.3) is 32.8 Å². The molecule has 0 saturated carbocycles. The molecule has 0 unspecified atom stereocenters. The number of carboxylic acid groups (broad SMARTS) is 1. The maximum atomic E-state index is 11.4. The molecule has 2 N–H and O–H groups in total. The van der Waals surface area contributed by atoms with E-state index in [4.69, 9.17) is 14.2 Å². The summed E-state index contributed by atoms with van der Waals surface area (Å²) in [6.07, 6.45) is 1.54. The van der Waals surface area contributed by atoms with Crippen LogP contribution in [0.5, 0.6) is 17.5 Å². The van der Waals surface area contributed by atoms with E-state index in [0.717, 1.165) is 44.1 Å². The molecule has 7 heteroatoms. The van der Waals surface area contributed by atoms with Crippen molar-refractivity contribution in [2.75, 3.05) is 13.7 Å². The zero-order valence-corrected chi connectivity index (χ0v) is 19.2. The van der Waals surface area contributed by atoms with Gasteiger partial charge in [-0.25, -0.2) is 9.78 Å². The van der Waals surface area contributed by atoms with Crippen molar-refractivity contribution in [3.05, 3.63) is 84.6 Å². The second kappa shape index (κ2) is 9.77. The van der Waals surface area contributed by atoms with Crippen LogP contribution in [0.2, 0.25) is 0 Å². The van der Waals surface area contributed by atoms with Crippen LogP contribution in [0.1, 0.15) is 12.0 Å². The van der Waals surface area contributed by atoms with Gasteiger partial charge in [-0.05, 0) is 36.4 Å². The third-order valence-corrected chi connectivity index (χ3v) is 5.92. The van der Waals surface area contributed by atoms with Gasteiger partial charge in [0.1, 0.15) is 5.75 Å². The van der Waals surface area contributed by atoms with Gasteiger partial charge in [-0.3, -0.25) is 0 Å². The van der Waals surface area contributed by atoms with E-state index in [9.17, 15) is 9.90 Å². The number of nitrogens with zero attached hydrogens (tertiary/aromatic N) is 1. The average molecular weight is 469 g/mol. The highest BCUT2D eigenvalue weighted by atomic mass is 16.7. The third-order valence-electron chi connectivity index (χ3n) is 5.92. The molecule has 0 spiro atoms. The first-order chi connectivity index (χ1) is 17.2. The third kappa shape index (κ3) is 4.48. The van der Waals surface area contributed by atoms with Gasteiger partial charge in [-0.1, -0.05) is 54.6 Å². The van der Waals surface area contributed by atoms with Crippen LogP contribution in [0.15, 0.2) is 79.0 Å². The number of methoxy groups -OCH3 is 1. The molecule has 0 radical (unpaired) electrons. The van der Waals surface area contributed by atoms with Crippen LogP contribution in [0.4, 0.5) is 4.79 Å². The van der Waals surface area contributed by atoms with Crippen molar-refractivity contribution in [1.82, 2.24) is 9.97 Å². The van der Waals surface area contributed by atoms with Crippen molar-refractivity contribution in [2.24, 2.45) is 0 Å². The summed E-state index contributed by atoms with van der Waals surface area (Å²) in [4.78, 5) is 18.9. The molecule has 0 atom stereocenters. The Balaban J connectivity index is 1.43. The number of hydrogen-bond acceptors (Lipinski definition) is 5. The monoisotopic (exact) mass is 468 g/mol. The largest absolute Gasteiger partial charge is 0.512 e. The summed E-state index contributed by atoms with van der Waals surface area (Å²) in [5.41, 5.74) is 3.20. The molecule has 5 rings (SSSR count). The van der Waals surface area contributed by atoms with Crippen molar-refractivity contribution in [3.63, 3.8) is 0 Å². The van der Waals surface area contributed by atoms with Crippen LogP contribution in [-0.2, 0) is 6.42 Å². The molecular weight excluding hydrogens is 444 g/mol. The number of H-pyrrole nitrogens is 1. The van der Waals surface area contributed by atoms with E-state index < -0.39 is 6.16 Å². The van der Waals surface area contributed by atoms with Crippen molar-refractivity contribution in [2.45, 2.75) is 12.8 Å². The quantitative estimate of drug-likeness (QED) is 0.200. The van der Waals surface area contributed by atoms with E-state index >= 15 is 0 Å². The molecule has 3 aromatic carbocycles. The molecular formula is C28H24N2O5. The Morgan fingerprint density at radius 1 is 0.943 bits per heavy atom. The minimum absolute atomic E-state index is 0.216. The maximum Gasteiger partial charge on any atom is 0.512 e. The zero-order chi connectivity index (χ0) is 24.2. The Kier molecular flexibility index (Phi) is 6.22. The number of aromatic nitrogens is 2. The summed E-state index contributed by atoms with van der Waals surface area (Å²) in [7, 11) is 1.57. The smallest absolute Gasteiger partial charge is 0.493 e. The van der Waals surface area contributed by atoms with Gasteiger partial charge >= 0.3 is 6.16 Å². The van der Waals surface area contributed by atoms with Crippen LogP contribution >= 0.6 is 0 Å². The van der Waals surface area contributed by atoms with Gasteiger partial charge in [0.25, 0.3) is 0 Å². The fourth-order valence-corrected chi connectivity index (χ4v) is 4.41. The predicted molar refractivity (Wildman–Crippen MR) is 134 cm³/mol. The molecule has 0 amide bonds. The molecule has 35 heavy (non-hydrogen) atoms. The number of hydrogen-bond donors (Lipinski definition) is 2. The highest BCUT2D eigenvalue weighted by Gasteiger charge is 2.19. The second-order valence-electron chi connectivity index (χ2n) is 8.02. The highest BCUT2D eigenvalue weighted by Crippen LogP contribution is 2.38. The molecule has 7 nitrogen and oxygen atoms in total. The molecule has 2 aromatic heterocycles. The van der Waals surface area contributed by atoms with E-state index in [2.05, 4.69) is 22.1 Å². The molecule has 0 aliphatic rings. The minimum Gasteiger partial charge on any atom is -0.493 e. The van der Waals surface area contributed by atoms with Gasteiger partial charge < -0.3 is 24.3 Å². The molecule has 0 saturated heterocycles. The SMILES string of the molecule is COc1ncccc1-c1cccc2c(CCCOc3cccc4ccccc34)c(OC(=O)O)[nH]c12. The van der Waals surface area contributed by atoms with Gasteiger partial charge in [0, 0.05) is 33.7 Å². The first kappa shape index (κ1) is 22.3. The van der Waals surface area contributed by atoms with Gasteiger partial charge in [0.15, 0.2) is 0 Å². The average Bonchev–Trinajstić information content (AvgIpc) is 3.23. The number of ether oxygens (including phenoxy) is 3. The summed E-state index contributed by atoms with van der Waals surface area (Å²) in [5.74, 6) is 1.53. The predicted octanol–water partition coefficient (Wildman–Crippen LogP) is 6.46. The Bertz CT molecular complexity index is 1500. The fourth-order valence-electron chi connectivity index (χ4n) is 4.41. The number of carbonyl (C=O) groups is 1. The lowest BCUT2D eigenvalue weighted by atomic mass is 10.0. The summed E-state index contributed by atoms with van der Waals surface area (Å²) < 4.78 is 16.6. The number of para-hydroxylation sites is 1. The van der Waals surface area contributed by atoms with E-state index in [1.54, 1.807) is 13.3 Å². The number of aryl methyl sites for hydroxylation is 1. The highest BCUT2D eigenvalue weighted by molar-refractivity contribution is 5.99. The molecule has 0 aliphatic carbocycles. The summed E-state index contributed by atoms with van der Waals surface area (Å²) in [6.45, 7) is 0.476. The van der Waals surface area contributed by atoms with Crippen LogP contribution in [-0.4, -0.2) is 34.9 Å². The Morgan fingerprint density at radius 2 is 1.71 bits per heavy atom. The Labute approximate surface area is 201 Å². The number of benzene rings is 3. The lowest BCUT2D eigenvalue weighted by molar-refractivity contribution is 0.142. The van der Waals surface area contributed by atoms with Crippen LogP contribution in [0.3, 0.4) is 0 Å². The van der Waals surface area contributed by atoms with Crippen molar-refractivity contribution in [3.8, 4) is 28.6 Å². The van der Waals surface area contributed by atoms with E-state index in [0.29, 0.717) is 25.3 Å². The molecule has 0 bridgehead atoms. The minimum atomic E-state index is -1.37. The second-order valence-corrected chi connectivity index (χ2v) is 8.02. The van der Waals surface area contributed by atoms with Crippen molar-refractivity contribution < 1.29 is 24.1 Å². The number of nitrogens with one attached hydrogen (secondary N) is 1. The van der Waals surface area contributed by atoms with E-state index in [1.165, 1.54) is 0 Å². The van der Waals surface area contributed by atoms with Gasteiger partial charge in [0.05, 0.1) is 19.2 Å². The Morgan fingerprint density at radius 3 is 2.57 bits per heavy atom. The van der Waals surface area contributed by atoms with Crippen molar-refractivity contribution >= 4 is 27.8 Å². The lowest BCUT2D eigenvalue weighted by Crippen LogP contribution is -2.06. The first-order valence-electron chi connectivity index (χ1n) is 11.3. The summed E-state index contributed by atoms with van der Waals surface area (Å²) >= 11 is 0. The van der Waals surface area contributed by atoms with Crippen molar-refractivity contribution in [1.29, 1.82) is 0 Å². The zero-order valence-electron chi connectivity index (χ0n) is 19.2. The van der Waals surface area contributed by atoms with Gasteiger partial charge in [0.2, 0.25) is 11.8 Å². The van der Waals surface area contributed by atoms with E-state index in [-0.39, 0.29) is 5.88 Å². The van der Waals surface area contributed by atoms with Crippen LogP contribution in [0, 0.1) is 0 Å². The summed E-state index contributed by atoms with van der Waals surface area (Å²) in [6, 6.07) is 23.6. The number of rotatable bonds is 8. The number of aromatic amines is 1. The molecule has 0 aliphatic heterocycles. The normalized spacial score (nSPS) is 11.0. The summed E-state index contributed by atoms with van der Waals surface area (Å²) in [5, 5.41) is 12.4.